The van der Waals surface area contributed by atoms with Gasteiger partial charge >= 0.3 is 0 Å². The van der Waals surface area contributed by atoms with Gasteiger partial charge in [-0.25, -0.2) is 0 Å². The molecule has 0 aliphatic heterocycles. The molecule has 8 heteroatoms. The topological polar surface area (TPSA) is 65.1 Å². The maximum Gasteiger partial charge on any atom is 0.290 e. The number of hydrogen-bond acceptors (Lipinski definition) is 3. The van der Waals surface area contributed by atoms with E-state index in [1.54, 1.807) is 0 Å². The minimum Gasteiger partial charge on any atom is -0.342 e. The Bertz CT molecular complexity index is 462. The van der Waals surface area contributed by atoms with Gasteiger partial charge in [-0.05, 0) is 6.92 Å². The minimum absolute atomic E-state index is 0.0201. The van der Waals surface area contributed by atoms with Crippen LogP contribution in [-0.2, 0) is 7.05 Å². The first-order valence-corrected chi connectivity index (χ1v) is 5.21. The minimum atomic E-state index is -2.12. The Balaban J connectivity index is 3.36. The highest BCUT2D eigenvalue weighted by atomic mass is 35.6. The van der Waals surface area contributed by atoms with Crippen LogP contribution in [0.2, 0.25) is 0 Å². The number of nitrogens with zero attached hydrogens (tertiary/aromatic N) is 2. The highest BCUT2D eigenvalue weighted by Gasteiger charge is 2.36. The van der Waals surface area contributed by atoms with Gasteiger partial charge in [0.25, 0.3) is 9.48 Å². The molecule has 88 valence electrons. The zero-order valence-electron chi connectivity index (χ0n) is 8.33. The number of nitro groups is 1. The molecule has 0 bridgehead atoms. The fraction of sp³-hybridized carbons (Fsp3) is 0.375. The second kappa shape index (κ2) is 4.24. The highest BCUT2D eigenvalue weighted by Crippen LogP contribution is 2.34. The lowest BCUT2D eigenvalue weighted by molar-refractivity contribution is -0.385. The third-order valence-corrected chi connectivity index (χ3v) is 2.59. The summed E-state index contributed by atoms with van der Waals surface area (Å²) in [6.45, 7) is 1.43. The number of alkyl halides is 3. The lowest BCUT2D eigenvalue weighted by Crippen LogP contribution is -2.22. The van der Waals surface area contributed by atoms with Crippen LogP contribution in [0.5, 0.6) is 0 Å². The number of carbonyl (C=O) groups is 1. The number of hydrogen-bond donors (Lipinski definition) is 0. The molecule has 16 heavy (non-hydrogen) atoms. The summed E-state index contributed by atoms with van der Waals surface area (Å²) in [6.07, 6.45) is 1.21. The van der Waals surface area contributed by atoms with E-state index in [0.29, 0.717) is 0 Å². The Morgan fingerprint density at radius 2 is 2.00 bits per heavy atom. The van der Waals surface area contributed by atoms with E-state index >= 15 is 0 Å². The van der Waals surface area contributed by atoms with E-state index < -0.39 is 14.5 Å². The van der Waals surface area contributed by atoms with Crippen molar-refractivity contribution in [3.63, 3.8) is 0 Å². The molecule has 0 atom stereocenters. The number of Topliss-reactive ketones (excluding diaryl/α,β-unsaturated/α-hetero) is 1. The normalized spacial score (nSPS) is 11.6. The number of ketones is 1. The number of rotatable bonds is 2. The summed E-state index contributed by atoms with van der Waals surface area (Å²) in [7, 11) is 1.48. The molecule has 0 saturated heterocycles. The van der Waals surface area contributed by atoms with E-state index in [9.17, 15) is 14.9 Å². The molecule has 1 aromatic heterocycles. The monoisotopic (exact) mass is 284 g/mol. The Kier molecular flexibility index (Phi) is 3.52. The Morgan fingerprint density at radius 1 is 1.50 bits per heavy atom. The molecular weight excluding hydrogens is 278 g/mol. The van der Waals surface area contributed by atoms with Crippen LogP contribution in [0.3, 0.4) is 0 Å². The molecule has 0 N–H and O–H groups in total. The van der Waals surface area contributed by atoms with Gasteiger partial charge in [0.1, 0.15) is 0 Å². The quantitative estimate of drug-likeness (QED) is 0.363. The van der Waals surface area contributed by atoms with Gasteiger partial charge < -0.3 is 4.57 Å². The highest BCUT2D eigenvalue weighted by molar-refractivity contribution is 6.77. The van der Waals surface area contributed by atoms with Crippen LogP contribution in [0, 0.1) is 17.0 Å². The van der Waals surface area contributed by atoms with Gasteiger partial charge in [-0.3, -0.25) is 14.9 Å². The van der Waals surface area contributed by atoms with E-state index in [0.717, 1.165) is 0 Å². The lowest BCUT2D eigenvalue weighted by atomic mass is 10.2. The number of aromatic nitrogens is 1. The van der Waals surface area contributed by atoms with Gasteiger partial charge in [0.15, 0.2) is 0 Å². The van der Waals surface area contributed by atoms with Gasteiger partial charge in [0.2, 0.25) is 5.78 Å². The largest absolute Gasteiger partial charge is 0.342 e. The fourth-order valence-electron chi connectivity index (χ4n) is 1.38. The smallest absolute Gasteiger partial charge is 0.290 e. The zero-order valence-corrected chi connectivity index (χ0v) is 10.6. The molecule has 1 heterocycles. The molecule has 0 radical (unpaired) electrons. The van der Waals surface area contributed by atoms with Gasteiger partial charge in [0.05, 0.1) is 22.4 Å². The summed E-state index contributed by atoms with van der Waals surface area (Å²) in [6, 6.07) is 0. The van der Waals surface area contributed by atoms with Crippen molar-refractivity contribution in [1.82, 2.24) is 4.57 Å². The van der Waals surface area contributed by atoms with Crippen molar-refractivity contribution in [2.75, 3.05) is 0 Å². The predicted octanol–water partition coefficient (Wildman–Crippen LogP) is 2.79. The summed E-state index contributed by atoms with van der Waals surface area (Å²) in [5.74, 6) is -0.786. The Morgan fingerprint density at radius 3 is 2.31 bits per heavy atom. The molecule has 0 aliphatic rings. The molecule has 5 nitrogen and oxygen atoms in total. The van der Waals surface area contributed by atoms with Crippen molar-refractivity contribution in [3.05, 3.63) is 27.6 Å². The van der Waals surface area contributed by atoms with Crippen molar-refractivity contribution < 1.29 is 9.72 Å². The van der Waals surface area contributed by atoms with Crippen LogP contribution >= 0.6 is 34.8 Å². The summed E-state index contributed by atoms with van der Waals surface area (Å²) in [5.41, 5.74) is 0.0237. The lowest BCUT2D eigenvalue weighted by Gasteiger charge is -2.10. The van der Waals surface area contributed by atoms with Crippen LogP contribution in [0.1, 0.15) is 16.1 Å². The average molecular weight is 286 g/mol. The molecule has 1 aromatic rings. The van der Waals surface area contributed by atoms with Crippen LogP contribution in [0.15, 0.2) is 6.20 Å². The second-order valence-electron chi connectivity index (χ2n) is 3.18. The summed E-state index contributed by atoms with van der Waals surface area (Å²) in [5, 5.41) is 10.6. The van der Waals surface area contributed by atoms with Crippen molar-refractivity contribution in [2.45, 2.75) is 10.7 Å². The Labute approximate surface area is 106 Å². The SMILES string of the molecule is Cc1c([N+](=O)[O-])cn(C)c1C(=O)C(Cl)(Cl)Cl. The van der Waals surface area contributed by atoms with Crippen molar-refractivity contribution in [2.24, 2.45) is 7.05 Å². The molecule has 1 rings (SSSR count). The third-order valence-electron chi connectivity index (χ3n) is 2.08. The van der Waals surface area contributed by atoms with E-state index in [4.69, 9.17) is 34.8 Å². The first kappa shape index (κ1) is 13.3. The van der Waals surface area contributed by atoms with Gasteiger partial charge in [0, 0.05) is 7.05 Å². The standard InChI is InChI=1S/C8H7Cl3N2O3/c1-4-5(13(15)16)3-12(2)6(4)7(14)8(9,10)11/h3H,1-2H3. The molecule has 0 aromatic carbocycles. The second-order valence-corrected chi connectivity index (χ2v) is 5.46. The van der Waals surface area contributed by atoms with E-state index in [1.807, 2.05) is 0 Å². The number of carbonyl (C=O) groups excluding carboxylic acids is 1. The first-order chi connectivity index (χ1) is 7.16. The van der Waals surface area contributed by atoms with Gasteiger partial charge in [-0.2, -0.15) is 0 Å². The molecule has 0 fully saturated rings. The van der Waals surface area contributed by atoms with E-state index in [2.05, 4.69) is 0 Å². The molecule has 0 amide bonds. The summed E-state index contributed by atoms with van der Waals surface area (Å²) >= 11 is 16.3. The molecule has 0 spiro atoms. The van der Waals surface area contributed by atoms with E-state index in [1.165, 1.54) is 24.7 Å². The zero-order chi connectivity index (χ0) is 12.7. The van der Waals surface area contributed by atoms with Gasteiger partial charge in [-0.1, -0.05) is 34.8 Å². The molecule has 0 unspecified atom stereocenters. The maximum atomic E-state index is 11.7. The van der Waals surface area contributed by atoms with Crippen LogP contribution in [0.25, 0.3) is 0 Å². The number of halogens is 3. The van der Waals surface area contributed by atoms with Gasteiger partial charge in [-0.15, -0.1) is 0 Å². The van der Waals surface area contributed by atoms with Crippen molar-refractivity contribution in [1.29, 1.82) is 0 Å². The van der Waals surface area contributed by atoms with Crippen LogP contribution in [0.4, 0.5) is 5.69 Å². The van der Waals surface area contributed by atoms with Crippen molar-refractivity contribution >= 4 is 46.3 Å². The molecule has 0 aliphatic carbocycles. The van der Waals surface area contributed by atoms with Crippen LogP contribution in [-0.4, -0.2) is 19.1 Å². The maximum absolute atomic E-state index is 11.7. The molecule has 0 saturated carbocycles. The third kappa shape index (κ3) is 2.31. The van der Waals surface area contributed by atoms with Crippen LogP contribution < -0.4 is 0 Å². The fourth-order valence-corrected chi connectivity index (χ4v) is 1.65. The predicted molar refractivity (Wildman–Crippen MR) is 61.4 cm³/mol. The summed E-state index contributed by atoms with van der Waals surface area (Å²) in [4.78, 5) is 21.8. The molecular formula is C8H7Cl3N2O3. The Hall–Kier alpha value is -0.780. The summed E-state index contributed by atoms with van der Waals surface area (Å²) < 4.78 is -0.845. The number of aryl methyl sites for hydroxylation is 1. The van der Waals surface area contributed by atoms with E-state index in [-0.39, 0.29) is 16.9 Å². The average Bonchev–Trinajstić information content (AvgIpc) is 2.39. The first-order valence-electron chi connectivity index (χ1n) is 4.08. The van der Waals surface area contributed by atoms with Crippen molar-refractivity contribution in [3.8, 4) is 0 Å².